The largest absolute Gasteiger partial charge is 0.396 e. The van der Waals surface area contributed by atoms with E-state index in [1.54, 1.807) is 18.0 Å². The molecule has 0 spiro atoms. The second-order valence-corrected chi connectivity index (χ2v) is 5.00. The van der Waals surface area contributed by atoms with Gasteiger partial charge in [-0.1, -0.05) is 23.9 Å². The summed E-state index contributed by atoms with van der Waals surface area (Å²) in [6.07, 6.45) is 3.75. The van der Waals surface area contributed by atoms with Crippen LogP contribution >= 0.6 is 11.8 Å². The summed E-state index contributed by atoms with van der Waals surface area (Å²) in [4.78, 5) is 4.32. The van der Waals surface area contributed by atoms with Crippen molar-refractivity contribution >= 4 is 11.8 Å². The fraction of sp³-hybridized carbons (Fsp3) is 0.308. The van der Waals surface area contributed by atoms with Gasteiger partial charge in [0.2, 0.25) is 0 Å². The molecule has 0 aliphatic carbocycles. The van der Waals surface area contributed by atoms with E-state index in [4.69, 9.17) is 5.11 Å². The van der Waals surface area contributed by atoms with E-state index in [1.165, 1.54) is 11.1 Å². The van der Waals surface area contributed by atoms with Crippen LogP contribution in [0, 0.1) is 13.8 Å². The van der Waals surface area contributed by atoms with E-state index in [9.17, 15) is 0 Å². The van der Waals surface area contributed by atoms with E-state index in [0.29, 0.717) is 5.75 Å². The number of hydrogen-bond donors (Lipinski definition) is 1. The van der Waals surface area contributed by atoms with Gasteiger partial charge in [0, 0.05) is 18.1 Å². The Morgan fingerprint density at radius 1 is 1.35 bits per heavy atom. The van der Waals surface area contributed by atoms with Crippen LogP contribution in [0.5, 0.6) is 0 Å². The Labute approximate surface area is 106 Å². The molecule has 0 atom stereocenters. The molecule has 0 saturated heterocycles. The minimum absolute atomic E-state index is 0.171. The molecule has 17 heavy (non-hydrogen) atoms. The molecule has 0 radical (unpaired) electrons. The van der Waals surface area contributed by atoms with Crippen molar-refractivity contribution in [2.45, 2.75) is 19.0 Å². The number of imidazole rings is 1. The van der Waals surface area contributed by atoms with E-state index < -0.39 is 0 Å². The maximum atomic E-state index is 8.87. The van der Waals surface area contributed by atoms with Crippen molar-refractivity contribution in [1.29, 1.82) is 0 Å². The van der Waals surface area contributed by atoms with Crippen molar-refractivity contribution in [2.24, 2.45) is 0 Å². The number of aliphatic hydroxyl groups excluding tert-OH is 1. The van der Waals surface area contributed by atoms with Crippen molar-refractivity contribution in [3.63, 3.8) is 0 Å². The molecule has 0 unspecified atom stereocenters. The SMILES string of the molecule is Cc1ccc(C)c(-n2ccnc2SCCO)c1. The van der Waals surface area contributed by atoms with E-state index in [2.05, 4.69) is 41.6 Å². The topological polar surface area (TPSA) is 38.0 Å². The summed E-state index contributed by atoms with van der Waals surface area (Å²) in [5, 5.41) is 9.79. The van der Waals surface area contributed by atoms with Crippen molar-refractivity contribution in [1.82, 2.24) is 9.55 Å². The predicted molar refractivity (Wildman–Crippen MR) is 70.8 cm³/mol. The minimum Gasteiger partial charge on any atom is -0.396 e. The lowest BCUT2D eigenvalue weighted by Crippen LogP contribution is -1.99. The van der Waals surface area contributed by atoms with Crippen LogP contribution in [0.3, 0.4) is 0 Å². The van der Waals surface area contributed by atoms with Crippen LogP contribution in [0.1, 0.15) is 11.1 Å². The maximum absolute atomic E-state index is 8.87. The monoisotopic (exact) mass is 248 g/mol. The molecule has 1 heterocycles. The number of nitrogens with zero attached hydrogens (tertiary/aromatic N) is 2. The van der Waals surface area contributed by atoms with Crippen molar-refractivity contribution in [3.8, 4) is 5.69 Å². The fourth-order valence-electron chi connectivity index (χ4n) is 1.70. The number of aryl methyl sites for hydroxylation is 2. The summed E-state index contributed by atoms with van der Waals surface area (Å²) in [6, 6.07) is 6.38. The van der Waals surface area contributed by atoms with Gasteiger partial charge in [-0.2, -0.15) is 0 Å². The van der Waals surface area contributed by atoms with Gasteiger partial charge in [-0.15, -0.1) is 0 Å². The summed E-state index contributed by atoms with van der Waals surface area (Å²) in [5.74, 6) is 0.669. The number of thioether (sulfide) groups is 1. The summed E-state index contributed by atoms with van der Waals surface area (Å²) in [6.45, 7) is 4.35. The molecule has 0 aliphatic heterocycles. The average molecular weight is 248 g/mol. The molecular weight excluding hydrogens is 232 g/mol. The molecule has 0 amide bonds. The standard InChI is InChI=1S/C13H16N2OS/c1-10-3-4-11(2)12(9-10)15-6-5-14-13(15)17-8-7-16/h3-6,9,16H,7-8H2,1-2H3. The highest BCUT2D eigenvalue weighted by atomic mass is 32.2. The first-order valence-electron chi connectivity index (χ1n) is 5.57. The van der Waals surface area contributed by atoms with Crippen LogP contribution in [0.4, 0.5) is 0 Å². The molecule has 0 aliphatic rings. The Hall–Kier alpha value is -1.26. The second-order valence-electron chi connectivity index (χ2n) is 3.94. The lowest BCUT2D eigenvalue weighted by molar-refractivity contribution is 0.322. The predicted octanol–water partition coefficient (Wildman–Crippen LogP) is 2.57. The molecule has 2 rings (SSSR count). The van der Waals surface area contributed by atoms with Crippen LogP contribution in [-0.2, 0) is 0 Å². The average Bonchev–Trinajstić information content (AvgIpc) is 2.77. The summed E-state index contributed by atoms with van der Waals surface area (Å²) in [5.41, 5.74) is 3.61. The maximum Gasteiger partial charge on any atom is 0.172 e. The minimum atomic E-state index is 0.171. The summed E-state index contributed by atoms with van der Waals surface area (Å²) >= 11 is 1.56. The van der Waals surface area contributed by atoms with Gasteiger partial charge in [0.25, 0.3) is 0 Å². The van der Waals surface area contributed by atoms with Gasteiger partial charge in [-0.3, -0.25) is 4.57 Å². The van der Waals surface area contributed by atoms with E-state index in [-0.39, 0.29) is 6.61 Å². The highest BCUT2D eigenvalue weighted by molar-refractivity contribution is 7.99. The van der Waals surface area contributed by atoms with E-state index in [0.717, 1.165) is 10.8 Å². The molecule has 90 valence electrons. The number of hydrogen-bond acceptors (Lipinski definition) is 3. The van der Waals surface area contributed by atoms with Crippen LogP contribution in [0.2, 0.25) is 0 Å². The number of benzene rings is 1. The smallest absolute Gasteiger partial charge is 0.172 e. The number of aromatic nitrogens is 2. The van der Waals surface area contributed by atoms with Crippen molar-refractivity contribution in [2.75, 3.05) is 12.4 Å². The molecule has 0 saturated carbocycles. The van der Waals surface area contributed by atoms with Gasteiger partial charge < -0.3 is 5.11 Å². The molecule has 4 heteroatoms. The van der Waals surface area contributed by atoms with Crippen LogP contribution in [0.15, 0.2) is 35.7 Å². The zero-order chi connectivity index (χ0) is 12.3. The normalized spacial score (nSPS) is 10.8. The van der Waals surface area contributed by atoms with Crippen LogP contribution < -0.4 is 0 Å². The van der Waals surface area contributed by atoms with Crippen molar-refractivity contribution in [3.05, 3.63) is 41.7 Å². The van der Waals surface area contributed by atoms with Crippen LogP contribution in [0.25, 0.3) is 5.69 Å². The molecular formula is C13H16N2OS. The first-order chi connectivity index (χ1) is 8.22. The first-order valence-corrected chi connectivity index (χ1v) is 6.55. The van der Waals surface area contributed by atoms with Gasteiger partial charge in [-0.25, -0.2) is 4.98 Å². The third-order valence-corrected chi connectivity index (χ3v) is 3.50. The van der Waals surface area contributed by atoms with Gasteiger partial charge in [-0.05, 0) is 31.0 Å². The molecule has 1 aromatic heterocycles. The third kappa shape index (κ3) is 2.70. The summed E-state index contributed by atoms with van der Waals surface area (Å²) < 4.78 is 2.07. The lowest BCUT2D eigenvalue weighted by Gasteiger charge is -2.11. The third-order valence-electron chi connectivity index (χ3n) is 2.55. The highest BCUT2D eigenvalue weighted by Crippen LogP contribution is 2.23. The number of rotatable bonds is 4. The Morgan fingerprint density at radius 2 is 2.18 bits per heavy atom. The van der Waals surface area contributed by atoms with E-state index >= 15 is 0 Å². The summed E-state index contributed by atoms with van der Waals surface area (Å²) in [7, 11) is 0. The van der Waals surface area contributed by atoms with Crippen LogP contribution in [-0.4, -0.2) is 27.0 Å². The van der Waals surface area contributed by atoms with E-state index in [1.807, 2.05) is 6.20 Å². The van der Waals surface area contributed by atoms with Gasteiger partial charge in [0.05, 0.1) is 12.3 Å². The van der Waals surface area contributed by atoms with Crippen molar-refractivity contribution < 1.29 is 5.11 Å². The number of aliphatic hydroxyl groups is 1. The molecule has 1 aromatic carbocycles. The van der Waals surface area contributed by atoms with Gasteiger partial charge >= 0.3 is 0 Å². The quantitative estimate of drug-likeness (QED) is 0.845. The second kappa shape index (κ2) is 5.38. The molecule has 0 fully saturated rings. The Morgan fingerprint density at radius 3 is 2.94 bits per heavy atom. The zero-order valence-corrected chi connectivity index (χ0v) is 10.9. The Balaban J connectivity index is 2.38. The molecule has 2 aromatic rings. The fourth-order valence-corrected chi connectivity index (χ4v) is 2.40. The molecule has 0 bridgehead atoms. The Kier molecular flexibility index (Phi) is 3.86. The molecule has 1 N–H and O–H groups in total. The Bertz CT molecular complexity index is 508. The first kappa shape index (κ1) is 12.2. The zero-order valence-electron chi connectivity index (χ0n) is 10.1. The van der Waals surface area contributed by atoms with Gasteiger partial charge in [0.1, 0.15) is 0 Å². The highest BCUT2D eigenvalue weighted by Gasteiger charge is 2.07. The van der Waals surface area contributed by atoms with Gasteiger partial charge in [0.15, 0.2) is 5.16 Å². The lowest BCUT2D eigenvalue weighted by atomic mass is 10.1. The molecule has 3 nitrogen and oxygen atoms in total.